The number of urea groups is 1. The van der Waals surface area contributed by atoms with Crippen molar-refractivity contribution in [3.63, 3.8) is 0 Å². The van der Waals surface area contributed by atoms with Crippen LogP contribution in [0.1, 0.15) is 30.9 Å². The number of benzene rings is 3. The van der Waals surface area contributed by atoms with E-state index in [4.69, 9.17) is 0 Å². The van der Waals surface area contributed by atoms with E-state index >= 15 is 0 Å². The molecule has 2 aliphatic rings. The first-order valence-electron chi connectivity index (χ1n) is 12.0. The lowest BCUT2D eigenvalue weighted by Gasteiger charge is -2.20. The fraction of sp³-hybridized carbons (Fsp3) is 0.250. The summed E-state index contributed by atoms with van der Waals surface area (Å²) in [5.74, 6) is -0.933. The van der Waals surface area contributed by atoms with Crippen LogP contribution in [0.2, 0.25) is 0 Å². The van der Waals surface area contributed by atoms with Crippen LogP contribution in [0.3, 0.4) is 0 Å². The third kappa shape index (κ3) is 4.49. The van der Waals surface area contributed by atoms with E-state index in [9.17, 15) is 14.4 Å². The topological polar surface area (TPSA) is 81.8 Å². The molecule has 0 aromatic heterocycles. The molecule has 0 atom stereocenters. The number of aryl methyl sites for hydroxylation is 1. The van der Waals surface area contributed by atoms with E-state index in [0.717, 1.165) is 46.3 Å². The molecule has 0 radical (unpaired) electrons. The van der Waals surface area contributed by atoms with Crippen molar-refractivity contribution in [2.45, 2.75) is 26.2 Å². The summed E-state index contributed by atoms with van der Waals surface area (Å²) in [4.78, 5) is 41.5. The molecule has 0 saturated carbocycles. The first-order chi connectivity index (χ1) is 17.0. The van der Waals surface area contributed by atoms with Gasteiger partial charge < -0.3 is 15.5 Å². The fourth-order valence-corrected chi connectivity index (χ4v) is 4.82. The van der Waals surface area contributed by atoms with E-state index in [1.165, 1.54) is 18.5 Å². The van der Waals surface area contributed by atoms with Crippen molar-refractivity contribution in [2.75, 3.05) is 29.9 Å². The highest BCUT2D eigenvalue weighted by atomic mass is 16.2. The van der Waals surface area contributed by atoms with Crippen molar-refractivity contribution in [3.8, 4) is 0 Å². The molecule has 2 N–H and O–H groups in total. The number of carbonyl (C=O) groups excluding carboxylic acids is 3. The van der Waals surface area contributed by atoms with Gasteiger partial charge >= 0.3 is 6.03 Å². The standard InChI is InChI=1S/C28H28N4O3/c1-2-19-9-3-6-12-23(19)29-26(33)18-32-27(34)24(30-28(32)35)17-20-13-14-25(31-15-7-8-16-31)22-11-5-4-10-21(20)22/h3-6,9-14,17H,2,7-8,15-16,18H2,1H3,(H,29,33)(H,30,35)/b24-17+. The van der Waals surface area contributed by atoms with Crippen LogP contribution in [0.25, 0.3) is 16.8 Å². The molecule has 2 aliphatic heterocycles. The molecule has 7 heteroatoms. The van der Waals surface area contributed by atoms with Crippen molar-refractivity contribution < 1.29 is 14.4 Å². The maximum atomic E-state index is 13.0. The normalized spacial score (nSPS) is 16.9. The minimum absolute atomic E-state index is 0.163. The molecular weight excluding hydrogens is 440 g/mol. The highest BCUT2D eigenvalue weighted by Crippen LogP contribution is 2.32. The highest BCUT2D eigenvalue weighted by molar-refractivity contribution is 6.16. The molecule has 2 heterocycles. The molecule has 3 aromatic carbocycles. The van der Waals surface area contributed by atoms with Crippen LogP contribution < -0.4 is 15.5 Å². The molecule has 0 spiro atoms. The van der Waals surface area contributed by atoms with Gasteiger partial charge in [-0.15, -0.1) is 0 Å². The minimum atomic E-state index is -0.599. The van der Waals surface area contributed by atoms with Gasteiger partial charge in [-0.3, -0.25) is 9.59 Å². The number of rotatable bonds is 6. The molecule has 0 aliphatic carbocycles. The highest BCUT2D eigenvalue weighted by Gasteiger charge is 2.35. The Kier molecular flexibility index (Phi) is 6.23. The number of para-hydroxylation sites is 1. The Bertz CT molecular complexity index is 1340. The minimum Gasteiger partial charge on any atom is -0.371 e. The third-order valence-corrected chi connectivity index (χ3v) is 6.62. The number of anilines is 2. The summed E-state index contributed by atoms with van der Waals surface area (Å²) in [6.07, 6.45) is 4.83. The lowest BCUT2D eigenvalue weighted by atomic mass is 10.0. The molecule has 5 rings (SSSR count). The molecule has 2 fully saturated rings. The Labute approximate surface area is 204 Å². The van der Waals surface area contributed by atoms with Crippen molar-refractivity contribution in [3.05, 3.63) is 77.5 Å². The number of nitrogens with one attached hydrogen (secondary N) is 2. The average Bonchev–Trinajstić information content (AvgIpc) is 3.49. The summed E-state index contributed by atoms with van der Waals surface area (Å²) in [5, 5.41) is 7.58. The van der Waals surface area contributed by atoms with Crippen LogP contribution in [0.15, 0.2) is 66.4 Å². The summed E-state index contributed by atoms with van der Waals surface area (Å²) in [6, 6.07) is 19.1. The first kappa shape index (κ1) is 22.7. The van der Waals surface area contributed by atoms with Crippen LogP contribution in [0.4, 0.5) is 16.2 Å². The number of carbonyl (C=O) groups is 3. The number of hydrogen-bond donors (Lipinski definition) is 2. The Morgan fingerprint density at radius 1 is 0.971 bits per heavy atom. The zero-order valence-electron chi connectivity index (χ0n) is 19.7. The predicted octanol–water partition coefficient (Wildman–Crippen LogP) is 4.53. The number of imide groups is 1. The van der Waals surface area contributed by atoms with E-state index in [0.29, 0.717) is 5.69 Å². The molecule has 178 valence electrons. The van der Waals surface area contributed by atoms with Gasteiger partial charge in [0.1, 0.15) is 12.2 Å². The lowest BCUT2D eigenvalue weighted by molar-refractivity contribution is -0.127. The molecule has 0 unspecified atom stereocenters. The number of amides is 4. The van der Waals surface area contributed by atoms with Gasteiger partial charge in [0.05, 0.1) is 0 Å². The number of nitrogens with zero attached hydrogens (tertiary/aromatic N) is 2. The summed E-state index contributed by atoms with van der Waals surface area (Å²) in [7, 11) is 0. The van der Waals surface area contributed by atoms with Gasteiger partial charge in [0.25, 0.3) is 5.91 Å². The number of fused-ring (bicyclic) bond motifs is 1. The van der Waals surface area contributed by atoms with Crippen molar-refractivity contribution in [1.82, 2.24) is 10.2 Å². The van der Waals surface area contributed by atoms with Crippen LogP contribution in [-0.4, -0.2) is 42.4 Å². The lowest BCUT2D eigenvalue weighted by Crippen LogP contribution is -2.38. The predicted molar refractivity (Wildman–Crippen MR) is 138 cm³/mol. The SMILES string of the molecule is CCc1ccccc1NC(=O)CN1C(=O)N/C(=C/c2ccc(N3CCCC3)c3ccccc23)C1=O. The summed E-state index contributed by atoms with van der Waals surface area (Å²) in [5.41, 5.74) is 3.87. The van der Waals surface area contributed by atoms with Crippen LogP contribution in [0, 0.1) is 0 Å². The van der Waals surface area contributed by atoms with Crippen molar-refractivity contribution >= 4 is 46.1 Å². The third-order valence-electron chi connectivity index (χ3n) is 6.62. The molecular formula is C28H28N4O3. The zero-order valence-corrected chi connectivity index (χ0v) is 19.7. The van der Waals surface area contributed by atoms with Gasteiger partial charge in [0.15, 0.2) is 0 Å². The van der Waals surface area contributed by atoms with E-state index in [1.54, 1.807) is 6.08 Å². The first-order valence-corrected chi connectivity index (χ1v) is 12.0. The maximum absolute atomic E-state index is 13.0. The average molecular weight is 469 g/mol. The smallest absolute Gasteiger partial charge is 0.329 e. The van der Waals surface area contributed by atoms with E-state index in [2.05, 4.69) is 27.7 Å². The summed E-state index contributed by atoms with van der Waals surface area (Å²) in [6.45, 7) is 3.73. The van der Waals surface area contributed by atoms with Crippen LogP contribution >= 0.6 is 0 Å². The Hall–Kier alpha value is -4.13. The van der Waals surface area contributed by atoms with E-state index in [1.807, 2.05) is 55.5 Å². The van der Waals surface area contributed by atoms with Gasteiger partial charge in [0.2, 0.25) is 5.91 Å². The monoisotopic (exact) mass is 468 g/mol. The second kappa shape index (κ2) is 9.62. The van der Waals surface area contributed by atoms with Gasteiger partial charge in [-0.2, -0.15) is 0 Å². The molecule has 35 heavy (non-hydrogen) atoms. The molecule has 0 bridgehead atoms. The fourth-order valence-electron chi connectivity index (χ4n) is 4.82. The second-order valence-corrected chi connectivity index (χ2v) is 8.85. The van der Waals surface area contributed by atoms with Crippen LogP contribution in [-0.2, 0) is 16.0 Å². The molecule has 3 aromatic rings. The van der Waals surface area contributed by atoms with Crippen LogP contribution in [0.5, 0.6) is 0 Å². The Morgan fingerprint density at radius 3 is 2.46 bits per heavy atom. The molecule has 2 saturated heterocycles. The van der Waals surface area contributed by atoms with Gasteiger partial charge in [-0.1, -0.05) is 55.5 Å². The quantitative estimate of drug-likeness (QED) is 0.411. The second-order valence-electron chi connectivity index (χ2n) is 8.85. The molecule has 4 amide bonds. The van der Waals surface area contributed by atoms with Gasteiger partial charge in [-0.25, -0.2) is 9.69 Å². The van der Waals surface area contributed by atoms with E-state index < -0.39 is 17.8 Å². The van der Waals surface area contributed by atoms with Gasteiger partial charge in [0, 0.05) is 29.9 Å². The summed E-state index contributed by atoms with van der Waals surface area (Å²) < 4.78 is 0. The van der Waals surface area contributed by atoms with E-state index in [-0.39, 0.29) is 12.2 Å². The number of hydrogen-bond acceptors (Lipinski definition) is 4. The van der Waals surface area contributed by atoms with Crippen molar-refractivity contribution in [1.29, 1.82) is 0 Å². The summed E-state index contributed by atoms with van der Waals surface area (Å²) >= 11 is 0. The van der Waals surface area contributed by atoms with Crippen molar-refractivity contribution in [2.24, 2.45) is 0 Å². The van der Waals surface area contributed by atoms with Gasteiger partial charge in [-0.05, 0) is 54.0 Å². The largest absolute Gasteiger partial charge is 0.371 e. The Balaban J connectivity index is 1.37. The maximum Gasteiger partial charge on any atom is 0.329 e. The molecule has 7 nitrogen and oxygen atoms in total. The Morgan fingerprint density at radius 2 is 1.69 bits per heavy atom. The zero-order chi connectivity index (χ0) is 24.4.